The van der Waals surface area contributed by atoms with Gasteiger partial charge in [-0.1, -0.05) is 28.1 Å². The zero-order valence-electron chi connectivity index (χ0n) is 11.6. The van der Waals surface area contributed by atoms with Gasteiger partial charge in [0, 0.05) is 15.7 Å². The van der Waals surface area contributed by atoms with Crippen LogP contribution in [-0.2, 0) is 6.42 Å². The van der Waals surface area contributed by atoms with Crippen molar-refractivity contribution >= 4 is 21.6 Å². The van der Waals surface area contributed by atoms with Gasteiger partial charge in [0.25, 0.3) is 0 Å². The second kappa shape index (κ2) is 5.50. The Morgan fingerprint density at radius 3 is 2.95 bits per heavy atom. The molecule has 0 aliphatic heterocycles. The lowest BCUT2D eigenvalue weighted by Gasteiger charge is -2.18. The van der Waals surface area contributed by atoms with Gasteiger partial charge in [0.1, 0.15) is 5.82 Å². The minimum Gasteiger partial charge on any atom is -0.378 e. The Morgan fingerprint density at radius 2 is 2.19 bits per heavy atom. The van der Waals surface area contributed by atoms with E-state index in [-0.39, 0.29) is 11.9 Å². The lowest BCUT2D eigenvalue weighted by molar-refractivity contribution is 0.617. The average Bonchev–Trinajstić information content (AvgIpc) is 2.88. The molecule has 3 rings (SSSR count). The summed E-state index contributed by atoms with van der Waals surface area (Å²) >= 11 is 3.58. The molecule has 0 amide bonds. The fourth-order valence-electron chi connectivity index (χ4n) is 2.84. The van der Waals surface area contributed by atoms with Gasteiger partial charge in [0.2, 0.25) is 0 Å². The molecule has 1 aliphatic carbocycles. The summed E-state index contributed by atoms with van der Waals surface area (Å²) in [5, 5.41) is 12.4. The van der Waals surface area contributed by atoms with Crippen molar-refractivity contribution in [3.63, 3.8) is 0 Å². The molecule has 0 bridgehead atoms. The summed E-state index contributed by atoms with van der Waals surface area (Å²) in [6, 6.07) is 11.3. The van der Waals surface area contributed by atoms with E-state index >= 15 is 0 Å². The summed E-state index contributed by atoms with van der Waals surface area (Å²) in [5.74, 6) is -0.344. The van der Waals surface area contributed by atoms with E-state index in [4.69, 9.17) is 5.26 Å². The molecule has 2 aromatic rings. The number of hydrogen-bond acceptors (Lipinski definition) is 2. The smallest absolute Gasteiger partial charge is 0.129 e. The highest BCUT2D eigenvalue weighted by Crippen LogP contribution is 2.38. The molecule has 1 aliphatic rings. The SMILES string of the molecule is Cc1c(F)cc(C#N)cc1NC1CCc2c(Br)cccc21. The molecule has 1 unspecified atom stereocenters. The minimum absolute atomic E-state index is 0.157. The van der Waals surface area contributed by atoms with E-state index in [0.717, 1.165) is 17.3 Å². The molecule has 0 heterocycles. The Bertz CT molecular complexity index is 749. The lowest BCUT2D eigenvalue weighted by Crippen LogP contribution is -2.09. The first-order valence-corrected chi connectivity index (χ1v) is 7.63. The summed E-state index contributed by atoms with van der Waals surface area (Å²) in [6.45, 7) is 1.73. The number of hydrogen-bond donors (Lipinski definition) is 1. The highest BCUT2D eigenvalue weighted by Gasteiger charge is 2.24. The van der Waals surface area contributed by atoms with E-state index in [1.807, 2.05) is 18.2 Å². The van der Waals surface area contributed by atoms with Crippen molar-refractivity contribution in [1.29, 1.82) is 5.26 Å². The van der Waals surface area contributed by atoms with Crippen LogP contribution in [0.4, 0.5) is 10.1 Å². The number of halogens is 2. The van der Waals surface area contributed by atoms with E-state index in [1.165, 1.54) is 17.2 Å². The van der Waals surface area contributed by atoms with Crippen molar-refractivity contribution in [3.8, 4) is 6.07 Å². The largest absolute Gasteiger partial charge is 0.378 e. The molecule has 0 aromatic heterocycles. The third-order valence-electron chi connectivity index (χ3n) is 4.02. The molecule has 2 aromatic carbocycles. The molecule has 0 radical (unpaired) electrons. The molecule has 106 valence electrons. The normalized spacial score (nSPS) is 16.4. The van der Waals surface area contributed by atoms with Crippen LogP contribution in [0.1, 0.15) is 34.7 Å². The van der Waals surface area contributed by atoms with Crippen LogP contribution in [0.15, 0.2) is 34.8 Å². The van der Waals surface area contributed by atoms with Crippen molar-refractivity contribution in [2.24, 2.45) is 0 Å². The van der Waals surface area contributed by atoms with Gasteiger partial charge in [0.15, 0.2) is 0 Å². The number of benzene rings is 2. The van der Waals surface area contributed by atoms with E-state index in [2.05, 4.69) is 27.3 Å². The molecule has 1 N–H and O–H groups in total. The van der Waals surface area contributed by atoms with E-state index in [0.29, 0.717) is 16.8 Å². The number of rotatable bonds is 2. The topological polar surface area (TPSA) is 35.8 Å². The first-order valence-electron chi connectivity index (χ1n) is 6.84. The lowest BCUT2D eigenvalue weighted by atomic mass is 10.1. The standard InChI is InChI=1S/C17H14BrFN2/c1-10-15(19)7-11(9-20)8-17(10)21-16-6-5-12-13(16)3-2-4-14(12)18/h2-4,7-8,16,21H,5-6H2,1H3. The van der Waals surface area contributed by atoms with Gasteiger partial charge in [-0.25, -0.2) is 4.39 Å². The van der Waals surface area contributed by atoms with Crippen molar-refractivity contribution in [1.82, 2.24) is 0 Å². The molecule has 0 spiro atoms. The third-order valence-corrected chi connectivity index (χ3v) is 4.76. The minimum atomic E-state index is -0.344. The van der Waals surface area contributed by atoms with Gasteiger partial charge in [-0.2, -0.15) is 5.26 Å². The first-order chi connectivity index (χ1) is 10.1. The van der Waals surface area contributed by atoms with Crippen LogP contribution >= 0.6 is 15.9 Å². The Morgan fingerprint density at radius 1 is 1.38 bits per heavy atom. The molecule has 21 heavy (non-hydrogen) atoms. The first kappa shape index (κ1) is 14.1. The Labute approximate surface area is 131 Å². The van der Waals surface area contributed by atoms with Gasteiger partial charge in [0.05, 0.1) is 17.7 Å². The summed E-state index contributed by atoms with van der Waals surface area (Å²) < 4.78 is 15.0. The van der Waals surface area contributed by atoms with Gasteiger partial charge in [-0.3, -0.25) is 0 Å². The number of anilines is 1. The number of nitrogens with one attached hydrogen (secondary N) is 1. The molecular weight excluding hydrogens is 331 g/mol. The van der Waals surface area contributed by atoms with Crippen LogP contribution in [0.5, 0.6) is 0 Å². The van der Waals surface area contributed by atoms with Crippen molar-refractivity contribution in [2.75, 3.05) is 5.32 Å². The summed E-state index contributed by atoms with van der Waals surface area (Å²) in [7, 11) is 0. The summed E-state index contributed by atoms with van der Waals surface area (Å²) in [6.07, 6.45) is 1.96. The number of nitriles is 1. The predicted molar refractivity (Wildman–Crippen MR) is 84.7 cm³/mol. The van der Waals surface area contributed by atoms with Crippen molar-refractivity contribution < 1.29 is 4.39 Å². The third kappa shape index (κ3) is 2.54. The average molecular weight is 345 g/mol. The second-order valence-electron chi connectivity index (χ2n) is 5.29. The van der Waals surface area contributed by atoms with E-state index < -0.39 is 0 Å². The molecular formula is C17H14BrFN2. The predicted octanol–water partition coefficient (Wildman–Crippen LogP) is 4.87. The molecule has 0 saturated carbocycles. The van der Waals surface area contributed by atoms with Crippen LogP contribution in [-0.4, -0.2) is 0 Å². The molecule has 1 atom stereocenters. The Balaban J connectivity index is 1.95. The molecule has 0 saturated heterocycles. The maximum Gasteiger partial charge on any atom is 0.129 e. The van der Waals surface area contributed by atoms with Crippen molar-refractivity contribution in [3.05, 3.63) is 62.9 Å². The highest BCUT2D eigenvalue weighted by atomic mass is 79.9. The number of nitrogens with zero attached hydrogens (tertiary/aromatic N) is 1. The Kier molecular flexibility index (Phi) is 3.69. The monoisotopic (exact) mass is 344 g/mol. The second-order valence-corrected chi connectivity index (χ2v) is 6.14. The van der Waals surface area contributed by atoms with E-state index in [1.54, 1.807) is 13.0 Å². The van der Waals surface area contributed by atoms with Crippen LogP contribution in [0, 0.1) is 24.1 Å². The van der Waals surface area contributed by atoms with Gasteiger partial charge >= 0.3 is 0 Å². The fraction of sp³-hybridized carbons (Fsp3) is 0.235. The van der Waals surface area contributed by atoms with Crippen LogP contribution in [0.3, 0.4) is 0 Å². The van der Waals surface area contributed by atoms with Gasteiger partial charge in [-0.15, -0.1) is 0 Å². The quantitative estimate of drug-likeness (QED) is 0.843. The van der Waals surface area contributed by atoms with Crippen LogP contribution in [0.25, 0.3) is 0 Å². The summed E-state index contributed by atoms with van der Waals surface area (Å²) in [5.41, 5.74) is 4.14. The molecule has 0 fully saturated rings. The Hall–Kier alpha value is -1.86. The van der Waals surface area contributed by atoms with Gasteiger partial charge < -0.3 is 5.32 Å². The van der Waals surface area contributed by atoms with Crippen molar-refractivity contribution in [2.45, 2.75) is 25.8 Å². The zero-order chi connectivity index (χ0) is 15.0. The van der Waals surface area contributed by atoms with Crippen LogP contribution < -0.4 is 5.32 Å². The zero-order valence-corrected chi connectivity index (χ0v) is 13.2. The van der Waals surface area contributed by atoms with Crippen LogP contribution in [0.2, 0.25) is 0 Å². The fourth-order valence-corrected chi connectivity index (χ4v) is 3.42. The highest BCUT2D eigenvalue weighted by molar-refractivity contribution is 9.10. The van der Waals surface area contributed by atoms with E-state index in [9.17, 15) is 4.39 Å². The summed E-state index contributed by atoms with van der Waals surface area (Å²) in [4.78, 5) is 0. The molecule has 2 nitrogen and oxygen atoms in total. The number of fused-ring (bicyclic) bond motifs is 1. The molecule has 4 heteroatoms. The maximum atomic E-state index is 13.9. The van der Waals surface area contributed by atoms with Gasteiger partial charge in [-0.05, 0) is 49.1 Å². The maximum absolute atomic E-state index is 13.9.